The number of nitrogens with zero attached hydrogens (tertiary/aromatic N) is 3. The minimum Gasteiger partial charge on any atom is -0.444 e. The molecule has 1 unspecified atom stereocenters. The van der Waals surface area contributed by atoms with Crippen LogP contribution in [-0.4, -0.2) is 75.7 Å². The van der Waals surface area contributed by atoms with Gasteiger partial charge in [0.05, 0.1) is 18.4 Å². The number of rotatable bonds is 1. The van der Waals surface area contributed by atoms with Crippen LogP contribution in [0.25, 0.3) is 0 Å². The van der Waals surface area contributed by atoms with Crippen molar-refractivity contribution in [1.29, 1.82) is 0 Å². The van der Waals surface area contributed by atoms with Gasteiger partial charge in [0.25, 0.3) is 5.91 Å². The summed E-state index contributed by atoms with van der Waals surface area (Å²) in [7, 11) is 0. The SMILES string of the molecule is CC(C)(C)OC(=O)N1CCN(C2=NC(=O)CS2)CC1CO. The van der Waals surface area contributed by atoms with Crippen LogP contribution >= 0.6 is 11.8 Å². The predicted octanol–water partition coefficient (Wildman–Crippen LogP) is 0.529. The zero-order chi connectivity index (χ0) is 15.6. The van der Waals surface area contributed by atoms with Crippen LogP contribution in [0, 0.1) is 0 Å². The molecule has 0 saturated carbocycles. The normalized spacial score (nSPS) is 23.3. The van der Waals surface area contributed by atoms with Gasteiger partial charge in [-0.3, -0.25) is 9.69 Å². The molecular formula is C13H21N3O4S. The molecule has 1 fully saturated rings. The van der Waals surface area contributed by atoms with Gasteiger partial charge in [-0.2, -0.15) is 4.99 Å². The maximum atomic E-state index is 12.1. The molecule has 21 heavy (non-hydrogen) atoms. The zero-order valence-electron chi connectivity index (χ0n) is 12.5. The third kappa shape index (κ3) is 4.10. The van der Waals surface area contributed by atoms with E-state index in [0.717, 1.165) is 0 Å². The van der Waals surface area contributed by atoms with Crippen molar-refractivity contribution in [3.05, 3.63) is 0 Å². The number of ether oxygens (including phenoxy) is 1. The number of piperazine rings is 1. The van der Waals surface area contributed by atoms with Gasteiger partial charge in [0.2, 0.25) is 0 Å². The molecule has 2 rings (SSSR count). The van der Waals surface area contributed by atoms with E-state index in [1.807, 2.05) is 25.7 Å². The second kappa shape index (κ2) is 6.23. The lowest BCUT2D eigenvalue weighted by Crippen LogP contribution is -2.58. The molecule has 7 nitrogen and oxygen atoms in total. The van der Waals surface area contributed by atoms with E-state index in [2.05, 4.69) is 4.99 Å². The van der Waals surface area contributed by atoms with Crippen LogP contribution in [0.4, 0.5) is 4.79 Å². The summed E-state index contributed by atoms with van der Waals surface area (Å²) in [6, 6.07) is -0.354. The van der Waals surface area contributed by atoms with Crippen LogP contribution in [-0.2, 0) is 9.53 Å². The number of carbonyl (C=O) groups is 2. The molecule has 0 aromatic carbocycles. The van der Waals surface area contributed by atoms with Crippen molar-refractivity contribution in [2.45, 2.75) is 32.4 Å². The first-order chi connectivity index (χ1) is 9.80. The highest BCUT2D eigenvalue weighted by Gasteiger charge is 2.35. The van der Waals surface area contributed by atoms with Crippen molar-refractivity contribution in [3.63, 3.8) is 0 Å². The van der Waals surface area contributed by atoms with E-state index in [-0.39, 0.29) is 18.6 Å². The van der Waals surface area contributed by atoms with E-state index < -0.39 is 11.7 Å². The molecule has 1 saturated heterocycles. The molecular weight excluding hydrogens is 294 g/mol. The Kier molecular flexibility index (Phi) is 4.77. The molecule has 2 aliphatic heterocycles. The summed E-state index contributed by atoms with van der Waals surface area (Å²) in [4.78, 5) is 30.8. The molecule has 1 N–H and O–H groups in total. The van der Waals surface area contributed by atoms with Crippen molar-refractivity contribution in [3.8, 4) is 0 Å². The number of hydrogen-bond donors (Lipinski definition) is 1. The minimum absolute atomic E-state index is 0.134. The number of carbonyl (C=O) groups excluding carboxylic acids is 2. The summed E-state index contributed by atoms with van der Waals surface area (Å²) in [5, 5.41) is 10.2. The number of amidine groups is 1. The molecule has 1 atom stereocenters. The number of thioether (sulfide) groups is 1. The van der Waals surface area contributed by atoms with Gasteiger partial charge in [0.15, 0.2) is 5.17 Å². The van der Waals surface area contributed by atoms with E-state index in [0.29, 0.717) is 30.6 Å². The Morgan fingerprint density at radius 1 is 1.48 bits per heavy atom. The van der Waals surface area contributed by atoms with Crippen LogP contribution in [0.2, 0.25) is 0 Å². The van der Waals surface area contributed by atoms with Gasteiger partial charge in [-0.25, -0.2) is 4.79 Å². The fraction of sp³-hybridized carbons (Fsp3) is 0.769. The fourth-order valence-corrected chi connectivity index (χ4v) is 3.04. The number of aliphatic imine (C=N–C) groups is 1. The highest BCUT2D eigenvalue weighted by atomic mass is 32.2. The lowest BCUT2D eigenvalue weighted by Gasteiger charge is -2.41. The average molecular weight is 315 g/mol. The van der Waals surface area contributed by atoms with Gasteiger partial charge in [-0.1, -0.05) is 11.8 Å². The monoisotopic (exact) mass is 315 g/mol. The van der Waals surface area contributed by atoms with Gasteiger partial charge in [0.1, 0.15) is 5.60 Å². The van der Waals surface area contributed by atoms with Gasteiger partial charge >= 0.3 is 6.09 Å². The number of amides is 2. The lowest BCUT2D eigenvalue weighted by atomic mass is 10.2. The Labute approximate surface area is 128 Å². The smallest absolute Gasteiger partial charge is 0.410 e. The van der Waals surface area contributed by atoms with Gasteiger partial charge in [0, 0.05) is 19.6 Å². The quantitative estimate of drug-likeness (QED) is 0.760. The van der Waals surface area contributed by atoms with Crippen LogP contribution in [0.15, 0.2) is 4.99 Å². The van der Waals surface area contributed by atoms with Gasteiger partial charge < -0.3 is 14.7 Å². The summed E-state index contributed by atoms with van der Waals surface area (Å²) < 4.78 is 5.35. The fourth-order valence-electron chi connectivity index (χ4n) is 2.21. The molecule has 0 aliphatic carbocycles. The maximum absolute atomic E-state index is 12.1. The molecule has 2 heterocycles. The molecule has 0 spiro atoms. The minimum atomic E-state index is -0.563. The maximum Gasteiger partial charge on any atom is 0.410 e. The molecule has 8 heteroatoms. The number of aliphatic hydroxyl groups is 1. The van der Waals surface area contributed by atoms with Crippen molar-refractivity contribution >= 4 is 28.9 Å². The Morgan fingerprint density at radius 2 is 2.19 bits per heavy atom. The van der Waals surface area contributed by atoms with Crippen LogP contribution in [0.3, 0.4) is 0 Å². The Hall–Kier alpha value is -1.28. The topological polar surface area (TPSA) is 82.4 Å². The molecule has 118 valence electrons. The Morgan fingerprint density at radius 3 is 2.71 bits per heavy atom. The number of aliphatic hydroxyl groups excluding tert-OH is 1. The summed E-state index contributed by atoms with van der Waals surface area (Å²) in [6.07, 6.45) is -0.418. The van der Waals surface area contributed by atoms with Gasteiger partial charge in [-0.05, 0) is 20.8 Å². The van der Waals surface area contributed by atoms with Crippen LogP contribution < -0.4 is 0 Å². The highest BCUT2D eigenvalue weighted by molar-refractivity contribution is 8.14. The Balaban J connectivity index is 2.00. The van der Waals surface area contributed by atoms with Crippen molar-refractivity contribution in [2.24, 2.45) is 4.99 Å². The van der Waals surface area contributed by atoms with Crippen molar-refractivity contribution < 1.29 is 19.4 Å². The summed E-state index contributed by atoms with van der Waals surface area (Å²) >= 11 is 1.40. The zero-order valence-corrected chi connectivity index (χ0v) is 13.4. The van der Waals surface area contributed by atoms with E-state index in [1.165, 1.54) is 11.8 Å². The van der Waals surface area contributed by atoms with Crippen molar-refractivity contribution in [2.75, 3.05) is 32.0 Å². The predicted molar refractivity (Wildman–Crippen MR) is 80.3 cm³/mol. The lowest BCUT2D eigenvalue weighted by molar-refractivity contribution is -0.115. The third-order valence-electron chi connectivity index (χ3n) is 3.14. The summed E-state index contributed by atoms with van der Waals surface area (Å²) in [5.41, 5.74) is -0.563. The molecule has 2 amide bonds. The largest absolute Gasteiger partial charge is 0.444 e. The molecule has 2 aliphatic rings. The standard InChI is InChI=1S/C13H21N3O4S/c1-13(2,3)20-12(19)16-5-4-15(6-9(16)7-17)11-14-10(18)8-21-11/h9,17H,4-8H2,1-3H3. The third-order valence-corrected chi connectivity index (χ3v) is 4.14. The van der Waals surface area contributed by atoms with Gasteiger partial charge in [-0.15, -0.1) is 0 Å². The highest BCUT2D eigenvalue weighted by Crippen LogP contribution is 2.21. The first kappa shape index (κ1) is 16.1. The van der Waals surface area contributed by atoms with E-state index in [1.54, 1.807) is 4.90 Å². The second-order valence-corrected chi connectivity index (χ2v) is 6.98. The first-order valence-electron chi connectivity index (χ1n) is 6.90. The molecule has 0 aromatic heterocycles. The van der Waals surface area contributed by atoms with E-state index in [9.17, 15) is 14.7 Å². The molecule has 0 bridgehead atoms. The molecule has 0 radical (unpaired) electrons. The first-order valence-corrected chi connectivity index (χ1v) is 7.88. The van der Waals surface area contributed by atoms with Crippen LogP contribution in [0.5, 0.6) is 0 Å². The van der Waals surface area contributed by atoms with Crippen LogP contribution in [0.1, 0.15) is 20.8 Å². The molecule has 0 aromatic rings. The average Bonchev–Trinajstić information content (AvgIpc) is 2.82. The summed E-state index contributed by atoms with van der Waals surface area (Å²) in [6.45, 7) is 6.75. The number of hydrogen-bond acceptors (Lipinski definition) is 6. The van der Waals surface area contributed by atoms with E-state index in [4.69, 9.17) is 4.74 Å². The second-order valence-electron chi connectivity index (χ2n) is 6.03. The van der Waals surface area contributed by atoms with Crippen molar-refractivity contribution in [1.82, 2.24) is 9.80 Å². The van der Waals surface area contributed by atoms with E-state index >= 15 is 0 Å². The Bertz CT molecular complexity index is 461. The summed E-state index contributed by atoms with van der Waals surface area (Å²) in [5.74, 6) is 0.232.